The molecule has 0 saturated carbocycles. The van der Waals surface area contributed by atoms with Gasteiger partial charge in [0.05, 0.1) is 38.3 Å². The molecule has 0 N–H and O–H groups in total. The van der Waals surface area contributed by atoms with Gasteiger partial charge >= 0.3 is 0 Å². The Bertz CT molecular complexity index is 1220. The summed E-state index contributed by atoms with van der Waals surface area (Å²) < 4.78 is 0. The first-order valence-corrected chi connectivity index (χ1v) is 12.5. The van der Waals surface area contributed by atoms with Crippen LogP contribution in [-0.4, -0.2) is 4.98 Å². The minimum atomic E-state index is -0.203. The standard InChI is InChI=1S/C31H22Cl3N/c32-27-28(33)30(25(21-13-5-1-6-14-21)22-15-7-2-8-16-22)35-31(29(27)34)26(23-17-9-3-10-18-23)24-19-11-4-12-20-24/h1-20,25-26H. The quantitative estimate of drug-likeness (QED) is 0.220. The van der Waals surface area contributed by atoms with E-state index in [1.54, 1.807) is 0 Å². The molecule has 0 aliphatic carbocycles. The van der Waals surface area contributed by atoms with Gasteiger partial charge in [0.25, 0.3) is 0 Å². The molecule has 5 rings (SSSR count). The Hall–Kier alpha value is -3.10. The van der Waals surface area contributed by atoms with E-state index in [1.165, 1.54) is 0 Å². The number of aromatic nitrogens is 1. The lowest BCUT2D eigenvalue weighted by molar-refractivity contribution is 0.853. The smallest absolute Gasteiger partial charge is 0.0833 e. The Morgan fingerprint density at radius 2 is 0.629 bits per heavy atom. The topological polar surface area (TPSA) is 12.9 Å². The number of hydrogen-bond acceptors (Lipinski definition) is 1. The summed E-state index contributed by atoms with van der Waals surface area (Å²) in [6, 6.07) is 40.9. The first-order valence-electron chi connectivity index (χ1n) is 11.4. The SMILES string of the molecule is Clc1c(C(c2ccccc2)c2ccccc2)nc(C(c2ccccc2)c2ccccc2)c(Cl)c1Cl. The Balaban J connectivity index is 1.78. The van der Waals surface area contributed by atoms with Crippen molar-refractivity contribution in [3.8, 4) is 0 Å². The lowest BCUT2D eigenvalue weighted by atomic mass is 9.85. The first kappa shape index (κ1) is 23.6. The molecule has 4 aromatic carbocycles. The molecule has 0 spiro atoms. The number of pyridine rings is 1. The van der Waals surface area contributed by atoms with Gasteiger partial charge in [-0.25, -0.2) is 0 Å². The summed E-state index contributed by atoms with van der Waals surface area (Å²) in [7, 11) is 0. The van der Waals surface area contributed by atoms with E-state index in [-0.39, 0.29) is 11.8 Å². The van der Waals surface area contributed by atoms with Crippen molar-refractivity contribution in [2.75, 3.05) is 0 Å². The summed E-state index contributed by atoms with van der Waals surface area (Å²) in [6.07, 6.45) is 0. The largest absolute Gasteiger partial charge is 0.253 e. The van der Waals surface area contributed by atoms with Crippen molar-refractivity contribution in [2.24, 2.45) is 0 Å². The van der Waals surface area contributed by atoms with E-state index >= 15 is 0 Å². The molecule has 172 valence electrons. The monoisotopic (exact) mass is 513 g/mol. The van der Waals surface area contributed by atoms with Crippen LogP contribution in [0.2, 0.25) is 15.1 Å². The second-order valence-electron chi connectivity index (χ2n) is 8.33. The molecule has 0 bridgehead atoms. The van der Waals surface area contributed by atoms with Gasteiger partial charge in [-0.2, -0.15) is 0 Å². The summed E-state index contributed by atoms with van der Waals surface area (Å²) >= 11 is 20.6. The van der Waals surface area contributed by atoms with Crippen molar-refractivity contribution in [1.82, 2.24) is 4.98 Å². The highest BCUT2D eigenvalue weighted by Crippen LogP contribution is 2.45. The van der Waals surface area contributed by atoms with E-state index in [1.807, 2.05) is 72.8 Å². The highest BCUT2D eigenvalue weighted by atomic mass is 35.5. The second kappa shape index (κ2) is 10.7. The first-order chi connectivity index (χ1) is 17.1. The van der Waals surface area contributed by atoms with Gasteiger partial charge in [0, 0.05) is 0 Å². The van der Waals surface area contributed by atoms with Gasteiger partial charge < -0.3 is 0 Å². The van der Waals surface area contributed by atoms with Crippen molar-refractivity contribution >= 4 is 34.8 Å². The van der Waals surface area contributed by atoms with Crippen LogP contribution < -0.4 is 0 Å². The molecule has 0 atom stereocenters. The molecule has 0 amide bonds. The van der Waals surface area contributed by atoms with Crippen LogP contribution in [0.15, 0.2) is 121 Å². The molecule has 1 nitrogen and oxygen atoms in total. The summed E-state index contributed by atoms with van der Waals surface area (Å²) in [5.74, 6) is -0.406. The van der Waals surface area contributed by atoms with Crippen LogP contribution in [0.5, 0.6) is 0 Å². The van der Waals surface area contributed by atoms with Crippen molar-refractivity contribution in [3.05, 3.63) is 170 Å². The molecule has 0 aliphatic rings. The molecule has 0 aliphatic heterocycles. The predicted octanol–water partition coefficient (Wildman–Crippen LogP) is 9.40. The normalized spacial score (nSPS) is 11.2. The molecule has 0 unspecified atom stereocenters. The fraction of sp³-hybridized carbons (Fsp3) is 0.0645. The van der Waals surface area contributed by atoms with Gasteiger partial charge in [-0.1, -0.05) is 156 Å². The number of nitrogens with zero attached hydrogens (tertiary/aromatic N) is 1. The number of benzene rings is 4. The molecule has 5 aromatic rings. The minimum Gasteiger partial charge on any atom is -0.253 e. The third-order valence-electron chi connectivity index (χ3n) is 6.15. The van der Waals surface area contributed by atoms with Crippen molar-refractivity contribution in [3.63, 3.8) is 0 Å². The predicted molar refractivity (Wildman–Crippen MR) is 147 cm³/mol. The van der Waals surface area contributed by atoms with Gasteiger partial charge in [0.1, 0.15) is 0 Å². The average Bonchev–Trinajstić information content (AvgIpc) is 2.92. The fourth-order valence-corrected chi connectivity index (χ4v) is 5.26. The van der Waals surface area contributed by atoms with E-state index in [0.717, 1.165) is 22.3 Å². The highest BCUT2D eigenvalue weighted by molar-refractivity contribution is 6.48. The molecular weight excluding hydrogens is 493 g/mol. The second-order valence-corrected chi connectivity index (χ2v) is 9.47. The average molecular weight is 515 g/mol. The van der Waals surface area contributed by atoms with Crippen molar-refractivity contribution in [1.29, 1.82) is 0 Å². The lowest BCUT2D eigenvalue weighted by Crippen LogP contribution is -2.13. The number of hydrogen-bond donors (Lipinski definition) is 0. The van der Waals surface area contributed by atoms with Crippen LogP contribution in [-0.2, 0) is 0 Å². The zero-order valence-corrected chi connectivity index (χ0v) is 21.1. The summed E-state index contributed by atoms with van der Waals surface area (Å²) in [6.45, 7) is 0. The Morgan fingerprint density at radius 1 is 0.371 bits per heavy atom. The molecule has 35 heavy (non-hydrogen) atoms. The fourth-order valence-electron chi connectivity index (χ4n) is 4.53. The minimum absolute atomic E-state index is 0.203. The molecule has 0 radical (unpaired) electrons. The number of halogens is 3. The van der Waals surface area contributed by atoms with Crippen molar-refractivity contribution < 1.29 is 0 Å². The van der Waals surface area contributed by atoms with Gasteiger partial charge in [-0.3, -0.25) is 4.98 Å². The Labute approximate surface area is 221 Å². The maximum atomic E-state index is 6.88. The van der Waals surface area contributed by atoms with E-state index in [2.05, 4.69) is 48.5 Å². The van der Waals surface area contributed by atoms with E-state index in [0.29, 0.717) is 26.5 Å². The van der Waals surface area contributed by atoms with Crippen LogP contribution in [0.25, 0.3) is 0 Å². The molecule has 0 fully saturated rings. The Morgan fingerprint density at radius 3 is 0.886 bits per heavy atom. The van der Waals surface area contributed by atoms with E-state index < -0.39 is 0 Å². The number of rotatable bonds is 6. The third kappa shape index (κ3) is 4.86. The van der Waals surface area contributed by atoms with Crippen LogP contribution in [0.4, 0.5) is 0 Å². The van der Waals surface area contributed by atoms with Crippen LogP contribution in [0.1, 0.15) is 45.5 Å². The van der Waals surface area contributed by atoms with Crippen LogP contribution in [0, 0.1) is 0 Å². The van der Waals surface area contributed by atoms with E-state index in [9.17, 15) is 0 Å². The summed E-state index contributed by atoms with van der Waals surface area (Å²) in [5, 5.41) is 1.07. The maximum Gasteiger partial charge on any atom is 0.0833 e. The molecule has 1 aromatic heterocycles. The molecular formula is C31H22Cl3N. The molecule has 0 saturated heterocycles. The van der Waals surface area contributed by atoms with Gasteiger partial charge in [0.2, 0.25) is 0 Å². The zero-order valence-electron chi connectivity index (χ0n) is 18.8. The zero-order chi connectivity index (χ0) is 24.2. The van der Waals surface area contributed by atoms with Gasteiger partial charge in [-0.15, -0.1) is 0 Å². The van der Waals surface area contributed by atoms with E-state index in [4.69, 9.17) is 39.8 Å². The summed E-state index contributed by atoms with van der Waals surface area (Å²) in [5.41, 5.74) is 5.68. The molecule has 1 heterocycles. The van der Waals surface area contributed by atoms with Crippen LogP contribution in [0.3, 0.4) is 0 Å². The van der Waals surface area contributed by atoms with Gasteiger partial charge in [0.15, 0.2) is 0 Å². The van der Waals surface area contributed by atoms with Gasteiger partial charge in [-0.05, 0) is 22.3 Å². The van der Waals surface area contributed by atoms with Crippen LogP contribution >= 0.6 is 34.8 Å². The third-order valence-corrected chi connectivity index (χ3v) is 7.49. The lowest BCUT2D eigenvalue weighted by Gasteiger charge is -2.25. The summed E-state index contributed by atoms with van der Waals surface area (Å²) in [4.78, 5) is 5.19. The maximum absolute atomic E-state index is 6.88. The highest BCUT2D eigenvalue weighted by Gasteiger charge is 2.29. The molecule has 4 heteroatoms. The van der Waals surface area contributed by atoms with Crippen molar-refractivity contribution in [2.45, 2.75) is 11.8 Å². The Kier molecular flexibility index (Phi) is 7.20.